The maximum Gasteiger partial charge on any atom is 0.264 e. The predicted octanol–water partition coefficient (Wildman–Crippen LogP) is 3.30. The molecule has 0 bridgehead atoms. The lowest BCUT2D eigenvalue weighted by Gasteiger charge is -2.25. The lowest BCUT2D eigenvalue weighted by Crippen LogP contribution is -2.37. The molecule has 0 atom stereocenters. The molecule has 0 saturated heterocycles. The Morgan fingerprint density at radius 3 is 3.00 bits per heavy atom. The third-order valence-electron chi connectivity index (χ3n) is 3.19. The first-order valence-electron chi connectivity index (χ1n) is 6.50. The van der Waals surface area contributed by atoms with Gasteiger partial charge >= 0.3 is 0 Å². The Hall–Kier alpha value is -0.990. The molecule has 0 fully saturated rings. The van der Waals surface area contributed by atoms with Crippen LogP contribution in [0.2, 0.25) is 0 Å². The minimum absolute atomic E-state index is 0.0784. The largest absolute Gasteiger partial charge is 0.334 e. The van der Waals surface area contributed by atoms with Crippen molar-refractivity contribution < 1.29 is 4.79 Å². The van der Waals surface area contributed by atoms with Gasteiger partial charge in [-0.25, -0.2) is 0 Å². The quantitative estimate of drug-likeness (QED) is 0.856. The molecule has 5 heteroatoms. The highest BCUT2D eigenvalue weighted by Gasteiger charge is 2.23. The van der Waals surface area contributed by atoms with E-state index in [9.17, 15) is 4.79 Å². The number of aryl methyl sites for hydroxylation is 1. The fourth-order valence-electron chi connectivity index (χ4n) is 2.16. The summed E-state index contributed by atoms with van der Waals surface area (Å²) in [5.74, 6) is 2.26. The minimum Gasteiger partial charge on any atom is -0.334 e. The van der Waals surface area contributed by atoms with Crippen LogP contribution in [0, 0.1) is 11.3 Å². The first kappa shape index (κ1) is 14.4. The lowest BCUT2D eigenvalue weighted by molar-refractivity contribution is 0.0715. The topological polar surface area (TPSA) is 44.1 Å². The Labute approximate surface area is 122 Å². The zero-order chi connectivity index (χ0) is 13.8. The zero-order valence-electron chi connectivity index (χ0n) is 11.3. The van der Waals surface area contributed by atoms with Gasteiger partial charge in [0.2, 0.25) is 0 Å². The molecule has 0 saturated carbocycles. The summed E-state index contributed by atoms with van der Waals surface area (Å²) in [6.45, 7) is 4.52. The Kier molecular flexibility index (Phi) is 4.89. The predicted molar refractivity (Wildman–Crippen MR) is 80.6 cm³/mol. The van der Waals surface area contributed by atoms with Gasteiger partial charge < -0.3 is 4.90 Å². The van der Waals surface area contributed by atoms with Crippen LogP contribution >= 0.6 is 23.1 Å². The summed E-state index contributed by atoms with van der Waals surface area (Å²) < 4.78 is 0. The van der Waals surface area contributed by atoms with Crippen molar-refractivity contribution in [3.05, 3.63) is 21.4 Å². The molecule has 2 rings (SSSR count). The molecule has 0 aromatic carbocycles. The van der Waals surface area contributed by atoms with Crippen LogP contribution < -0.4 is 0 Å². The number of thiophene rings is 1. The summed E-state index contributed by atoms with van der Waals surface area (Å²) in [7, 11) is 0. The molecule has 1 aromatic rings. The Morgan fingerprint density at radius 1 is 1.58 bits per heavy atom. The highest BCUT2D eigenvalue weighted by Crippen LogP contribution is 2.32. The van der Waals surface area contributed by atoms with Crippen molar-refractivity contribution in [1.82, 2.24) is 4.90 Å². The molecule has 19 heavy (non-hydrogen) atoms. The molecule has 0 spiro atoms. The number of rotatable bonds is 4. The van der Waals surface area contributed by atoms with Crippen LogP contribution in [0.15, 0.2) is 6.07 Å². The molecule has 1 amide bonds. The number of nitriles is 1. The van der Waals surface area contributed by atoms with Gasteiger partial charge in [-0.05, 0) is 37.7 Å². The van der Waals surface area contributed by atoms with E-state index in [0.717, 1.165) is 22.8 Å². The Morgan fingerprint density at radius 2 is 2.37 bits per heavy atom. The molecule has 1 aliphatic rings. The highest BCUT2D eigenvalue weighted by molar-refractivity contribution is 7.98. The van der Waals surface area contributed by atoms with Crippen molar-refractivity contribution in [1.29, 1.82) is 5.26 Å². The molecule has 1 aliphatic heterocycles. The molecular formula is C14H18N2OS2. The number of amides is 1. The van der Waals surface area contributed by atoms with Crippen LogP contribution in [-0.2, 0) is 12.2 Å². The second kappa shape index (κ2) is 6.44. The van der Waals surface area contributed by atoms with Crippen molar-refractivity contribution in [3.63, 3.8) is 0 Å². The van der Waals surface area contributed by atoms with Gasteiger partial charge in [0.05, 0.1) is 17.4 Å². The molecule has 0 unspecified atom stereocenters. The fraction of sp³-hybridized carbons (Fsp3) is 0.571. The fourth-order valence-corrected chi connectivity index (χ4v) is 4.49. The normalized spacial score (nSPS) is 14.0. The monoisotopic (exact) mass is 294 g/mol. The van der Waals surface area contributed by atoms with Crippen LogP contribution in [0.1, 0.15) is 40.4 Å². The van der Waals surface area contributed by atoms with E-state index in [4.69, 9.17) is 5.26 Å². The van der Waals surface area contributed by atoms with Crippen LogP contribution in [0.4, 0.5) is 0 Å². The van der Waals surface area contributed by atoms with E-state index in [-0.39, 0.29) is 11.9 Å². The minimum atomic E-state index is 0.0784. The number of carbonyl (C=O) groups excluding carboxylic acids is 1. The highest BCUT2D eigenvalue weighted by atomic mass is 32.2. The standard InChI is InChI=1S/C14H18N2OS2/c1-10(2)16(6-3-5-15)14(17)13-8-11-9-18-7-4-12(11)19-13/h8,10H,3-4,6-7,9H2,1-2H3. The third-order valence-corrected chi connectivity index (χ3v) is 5.42. The average molecular weight is 294 g/mol. The van der Waals surface area contributed by atoms with E-state index >= 15 is 0 Å². The maximum atomic E-state index is 12.5. The molecular weight excluding hydrogens is 276 g/mol. The summed E-state index contributed by atoms with van der Waals surface area (Å²) in [5.41, 5.74) is 1.33. The molecule has 102 valence electrons. The molecule has 1 aromatic heterocycles. The Balaban J connectivity index is 2.17. The number of fused-ring (bicyclic) bond motifs is 1. The van der Waals surface area contributed by atoms with Crippen LogP contribution in [0.5, 0.6) is 0 Å². The van der Waals surface area contributed by atoms with Crippen molar-refractivity contribution in [2.75, 3.05) is 12.3 Å². The number of nitrogens with zero attached hydrogens (tertiary/aromatic N) is 2. The SMILES string of the molecule is CC(C)N(CCC#N)C(=O)c1cc2c(s1)CCSC2. The van der Waals surface area contributed by atoms with E-state index in [0.29, 0.717) is 13.0 Å². The molecule has 3 nitrogen and oxygen atoms in total. The number of hydrogen-bond acceptors (Lipinski definition) is 4. The summed E-state index contributed by atoms with van der Waals surface area (Å²) >= 11 is 3.57. The molecule has 2 heterocycles. The van der Waals surface area contributed by atoms with E-state index in [1.165, 1.54) is 10.4 Å². The van der Waals surface area contributed by atoms with Crippen LogP contribution in [0.3, 0.4) is 0 Å². The van der Waals surface area contributed by atoms with Gasteiger partial charge in [0.1, 0.15) is 0 Å². The first-order chi connectivity index (χ1) is 9.13. The lowest BCUT2D eigenvalue weighted by atomic mass is 10.2. The summed E-state index contributed by atoms with van der Waals surface area (Å²) in [4.78, 5) is 16.5. The first-order valence-corrected chi connectivity index (χ1v) is 8.48. The Bertz CT molecular complexity index is 479. The maximum absolute atomic E-state index is 12.5. The molecule has 0 N–H and O–H groups in total. The number of thioether (sulfide) groups is 1. The van der Waals surface area contributed by atoms with Crippen molar-refractivity contribution in [2.45, 2.75) is 38.5 Å². The van der Waals surface area contributed by atoms with E-state index in [2.05, 4.69) is 12.1 Å². The van der Waals surface area contributed by atoms with Crippen molar-refractivity contribution in [3.8, 4) is 6.07 Å². The van der Waals surface area contributed by atoms with E-state index in [1.807, 2.05) is 25.6 Å². The summed E-state index contributed by atoms with van der Waals surface area (Å²) in [6, 6.07) is 4.30. The van der Waals surface area contributed by atoms with E-state index in [1.54, 1.807) is 16.2 Å². The van der Waals surface area contributed by atoms with Crippen molar-refractivity contribution in [2.24, 2.45) is 0 Å². The number of carbonyl (C=O) groups is 1. The zero-order valence-corrected chi connectivity index (χ0v) is 12.9. The second-order valence-corrected chi connectivity index (χ2v) is 7.10. The third kappa shape index (κ3) is 3.31. The molecule has 0 radical (unpaired) electrons. The van der Waals surface area contributed by atoms with Crippen LogP contribution in [-0.4, -0.2) is 29.1 Å². The molecule has 0 aliphatic carbocycles. The van der Waals surface area contributed by atoms with Gasteiger partial charge in [0, 0.05) is 23.2 Å². The van der Waals surface area contributed by atoms with Crippen molar-refractivity contribution >= 4 is 29.0 Å². The van der Waals surface area contributed by atoms with Crippen LogP contribution in [0.25, 0.3) is 0 Å². The van der Waals surface area contributed by atoms with Gasteiger partial charge in [-0.15, -0.1) is 11.3 Å². The number of hydrogen-bond donors (Lipinski definition) is 0. The summed E-state index contributed by atoms with van der Waals surface area (Å²) in [6.07, 6.45) is 1.47. The average Bonchev–Trinajstić information content (AvgIpc) is 2.82. The van der Waals surface area contributed by atoms with E-state index < -0.39 is 0 Å². The van der Waals surface area contributed by atoms with Gasteiger partial charge in [0.25, 0.3) is 5.91 Å². The van der Waals surface area contributed by atoms with Gasteiger partial charge in [0.15, 0.2) is 0 Å². The van der Waals surface area contributed by atoms with Gasteiger partial charge in [-0.1, -0.05) is 0 Å². The second-order valence-electron chi connectivity index (χ2n) is 4.86. The summed E-state index contributed by atoms with van der Waals surface area (Å²) in [5, 5.41) is 8.69. The smallest absolute Gasteiger partial charge is 0.264 e. The van der Waals surface area contributed by atoms with Gasteiger partial charge in [-0.3, -0.25) is 4.79 Å². The van der Waals surface area contributed by atoms with Gasteiger partial charge in [-0.2, -0.15) is 17.0 Å².